The molecule has 0 radical (unpaired) electrons. The Hall–Kier alpha value is -4.75. The number of alkyl halides is 3. The van der Waals surface area contributed by atoms with Crippen molar-refractivity contribution in [2.24, 2.45) is 0 Å². The average molecular weight is 620 g/mol. The van der Waals surface area contributed by atoms with Gasteiger partial charge in [0.1, 0.15) is 17.8 Å². The number of ether oxygens (including phenoxy) is 3. The van der Waals surface area contributed by atoms with Gasteiger partial charge in [-0.25, -0.2) is 14.6 Å². The molecule has 45 heavy (non-hydrogen) atoms. The van der Waals surface area contributed by atoms with Crippen LogP contribution in [0.25, 0.3) is 22.2 Å². The minimum absolute atomic E-state index is 0.289. The molecule has 0 atom stereocenters. The van der Waals surface area contributed by atoms with Gasteiger partial charge in [0.15, 0.2) is 11.5 Å². The van der Waals surface area contributed by atoms with Crippen LogP contribution in [0.1, 0.15) is 17.5 Å². The summed E-state index contributed by atoms with van der Waals surface area (Å²) in [6, 6.07) is 16.4. The molecule has 6 rings (SSSR count). The summed E-state index contributed by atoms with van der Waals surface area (Å²) in [6.45, 7) is 5.18. The molecule has 3 aromatic carbocycles. The van der Waals surface area contributed by atoms with Gasteiger partial charge in [0, 0.05) is 42.3 Å². The van der Waals surface area contributed by atoms with Gasteiger partial charge in [-0.3, -0.25) is 4.90 Å². The highest BCUT2D eigenvalue weighted by molar-refractivity contribution is 5.93. The molecule has 1 aliphatic rings. The minimum atomic E-state index is -4.37. The van der Waals surface area contributed by atoms with Gasteiger partial charge in [0.25, 0.3) is 0 Å². The number of nitrogens with one attached hydrogen (secondary N) is 1. The number of hydrogen-bond acceptors (Lipinski definition) is 9. The summed E-state index contributed by atoms with van der Waals surface area (Å²) in [5, 5.41) is 12.6. The van der Waals surface area contributed by atoms with Crippen molar-refractivity contribution in [1.82, 2.24) is 29.9 Å². The van der Waals surface area contributed by atoms with Crippen molar-refractivity contribution in [3.05, 3.63) is 84.3 Å². The van der Waals surface area contributed by atoms with Crippen LogP contribution >= 0.6 is 0 Å². The number of nitrogens with zero attached hydrogens (tertiary/aromatic N) is 6. The standard InChI is InChI=1S/C32H32F3N7O3/c1-43-29-18-27-26(17-30(29)45-13-3-10-41-11-14-44-15-12-41)31(37-21-36-27)38-25-5-2-4-23(16-25)28-20-42(40-39-28)19-22-6-8-24(9-7-22)32(33,34)35/h2,4-9,16-18,20-21H,3,10-15,19H2,1H3,(H,36,37,38). The van der Waals surface area contributed by atoms with Crippen LogP contribution in [0, 0.1) is 0 Å². The molecule has 0 amide bonds. The normalized spacial score (nSPS) is 14.0. The van der Waals surface area contributed by atoms with E-state index in [4.69, 9.17) is 14.2 Å². The van der Waals surface area contributed by atoms with E-state index in [0.717, 1.165) is 68.0 Å². The average Bonchev–Trinajstić information content (AvgIpc) is 3.52. The Balaban J connectivity index is 1.15. The Bertz CT molecular complexity index is 1740. The molecular formula is C32H32F3N7O3. The number of anilines is 2. The maximum absolute atomic E-state index is 12.9. The van der Waals surface area contributed by atoms with E-state index in [2.05, 4.69) is 30.5 Å². The number of benzene rings is 3. The highest BCUT2D eigenvalue weighted by Crippen LogP contribution is 2.35. The van der Waals surface area contributed by atoms with E-state index in [-0.39, 0.29) is 6.54 Å². The lowest BCUT2D eigenvalue weighted by atomic mass is 10.1. The van der Waals surface area contributed by atoms with E-state index in [0.29, 0.717) is 40.7 Å². The summed E-state index contributed by atoms with van der Waals surface area (Å²) in [4.78, 5) is 11.3. The summed E-state index contributed by atoms with van der Waals surface area (Å²) < 4.78 is 57.4. The molecule has 0 bridgehead atoms. The number of fused-ring (bicyclic) bond motifs is 1. The molecule has 5 aromatic rings. The molecular weight excluding hydrogens is 587 g/mol. The van der Waals surface area contributed by atoms with Crippen molar-refractivity contribution in [3.8, 4) is 22.8 Å². The van der Waals surface area contributed by atoms with Crippen LogP contribution in [0.3, 0.4) is 0 Å². The summed E-state index contributed by atoms with van der Waals surface area (Å²) >= 11 is 0. The lowest BCUT2D eigenvalue weighted by molar-refractivity contribution is -0.137. The van der Waals surface area contributed by atoms with Crippen molar-refractivity contribution in [2.75, 3.05) is 51.9 Å². The van der Waals surface area contributed by atoms with Crippen LogP contribution in [0.2, 0.25) is 0 Å². The molecule has 0 spiro atoms. The van der Waals surface area contributed by atoms with E-state index in [1.165, 1.54) is 18.5 Å². The third-order valence-electron chi connectivity index (χ3n) is 7.49. The van der Waals surface area contributed by atoms with Gasteiger partial charge in [-0.1, -0.05) is 29.5 Å². The predicted molar refractivity (Wildman–Crippen MR) is 163 cm³/mol. The van der Waals surface area contributed by atoms with Crippen molar-refractivity contribution in [2.45, 2.75) is 19.1 Å². The number of hydrogen-bond donors (Lipinski definition) is 1. The summed E-state index contributed by atoms with van der Waals surface area (Å²) in [6.07, 6.45) is -0.253. The highest BCUT2D eigenvalue weighted by atomic mass is 19.4. The second-order valence-electron chi connectivity index (χ2n) is 10.6. The number of methoxy groups -OCH3 is 1. The van der Waals surface area contributed by atoms with E-state index in [9.17, 15) is 13.2 Å². The number of halogens is 3. The van der Waals surface area contributed by atoms with Crippen LogP contribution in [0.15, 0.2) is 73.2 Å². The van der Waals surface area contributed by atoms with E-state index < -0.39 is 11.7 Å². The Morgan fingerprint density at radius 3 is 2.58 bits per heavy atom. The van der Waals surface area contributed by atoms with Crippen LogP contribution < -0.4 is 14.8 Å². The van der Waals surface area contributed by atoms with Crippen LogP contribution in [0.4, 0.5) is 24.7 Å². The van der Waals surface area contributed by atoms with Crippen molar-refractivity contribution in [3.63, 3.8) is 0 Å². The first-order valence-electron chi connectivity index (χ1n) is 14.5. The van der Waals surface area contributed by atoms with Crippen LogP contribution in [-0.4, -0.2) is 76.4 Å². The molecule has 1 saturated heterocycles. The van der Waals surface area contributed by atoms with Crippen molar-refractivity contribution in [1.29, 1.82) is 0 Å². The SMILES string of the molecule is COc1cc2ncnc(Nc3cccc(-c4cn(Cc5ccc(C(F)(F)F)cc5)nn4)c3)c2cc1OCCCN1CCOCC1. The first-order chi connectivity index (χ1) is 21.9. The molecule has 13 heteroatoms. The molecule has 2 aromatic heterocycles. The Morgan fingerprint density at radius 2 is 1.80 bits per heavy atom. The Kier molecular flexibility index (Phi) is 9.08. The summed E-state index contributed by atoms with van der Waals surface area (Å²) in [5.74, 6) is 1.81. The zero-order chi connectivity index (χ0) is 31.2. The predicted octanol–water partition coefficient (Wildman–Crippen LogP) is 5.81. The van der Waals surface area contributed by atoms with Crippen molar-refractivity contribution >= 4 is 22.4 Å². The van der Waals surface area contributed by atoms with Gasteiger partial charge < -0.3 is 19.5 Å². The molecule has 234 valence electrons. The molecule has 0 saturated carbocycles. The molecule has 3 heterocycles. The number of rotatable bonds is 11. The maximum Gasteiger partial charge on any atom is 0.416 e. The first kappa shape index (κ1) is 30.3. The lowest BCUT2D eigenvalue weighted by Crippen LogP contribution is -2.37. The van der Waals surface area contributed by atoms with Gasteiger partial charge in [-0.2, -0.15) is 13.2 Å². The van der Waals surface area contributed by atoms with Crippen molar-refractivity contribution < 1.29 is 27.4 Å². The zero-order valence-electron chi connectivity index (χ0n) is 24.6. The molecule has 0 unspecified atom stereocenters. The summed E-state index contributed by atoms with van der Waals surface area (Å²) in [7, 11) is 1.60. The van der Waals surface area contributed by atoms with Gasteiger partial charge in [-0.05, 0) is 42.3 Å². The lowest BCUT2D eigenvalue weighted by Gasteiger charge is -2.26. The fraction of sp³-hybridized carbons (Fsp3) is 0.312. The van der Waals surface area contributed by atoms with E-state index >= 15 is 0 Å². The molecule has 0 aliphatic carbocycles. The number of aromatic nitrogens is 5. The van der Waals surface area contributed by atoms with E-state index in [1.807, 2.05) is 36.4 Å². The monoisotopic (exact) mass is 619 g/mol. The van der Waals surface area contributed by atoms with Crippen LogP contribution in [-0.2, 0) is 17.5 Å². The van der Waals surface area contributed by atoms with Crippen LogP contribution in [0.5, 0.6) is 11.5 Å². The maximum atomic E-state index is 12.9. The van der Waals surface area contributed by atoms with E-state index in [1.54, 1.807) is 18.0 Å². The Morgan fingerprint density at radius 1 is 0.978 bits per heavy atom. The second kappa shape index (κ2) is 13.5. The molecule has 10 nitrogen and oxygen atoms in total. The second-order valence-corrected chi connectivity index (χ2v) is 10.6. The Labute approximate surface area is 257 Å². The third kappa shape index (κ3) is 7.49. The van der Waals surface area contributed by atoms with Gasteiger partial charge in [-0.15, -0.1) is 5.10 Å². The van der Waals surface area contributed by atoms with Gasteiger partial charge >= 0.3 is 6.18 Å². The number of morpholine rings is 1. The molecule has 1 N–H and O–H groups in total. The molecule has 1 fully saturated rings. The summed E-state index contributed by atoms with van der Waals surface area (Å²) in [5.41, 5.74) is 2.90. The fourth-order valence-electron chi connectivity index (χ4n) is 5.12. The smallest absolute Gasteiger partial charge is 0.416 e. The molecule has 1 aliphatic heterocycles. The highest BCUT2D eigenvalue weighted by Gasteiger charge is 2.30. The topological polar surface area (TPSA) is 99.5 Å². The minimum Gasteiger partial charge on any atom is -0.493 e. The van der Waals surface area contributed by atoms with Gasteiger partial charge in [0.2, 0.25) is 0 Å². The largest absolute Gasteiger partial charge is 0.493 e. The first-order valence-corrected chi connectivity index (χ1v) is 14.5. The fourth-order valence-corrected chi connectivity index (χ4v) is 5.12. The quantitative estimate of drug-likeness (QED) is 0.184. The third-order valence-corrected chi connectivity index (χ3v) is 7.49. The van der Waals surface area contributed by atoms with Gasteiger partial charge in [0.05, 0.1) is 50.8 Å². The zero-order valence-corrected chi connectivity index (χ0v) is 24.6.